The van der Waals surface area contributed by atoms with Crippen LogP contribution in [0.2, 0.25) is 0 Å². The molecule has 8 heteroatoms. The number of likely N-dealkylation sites (tertiary alicyclic amines) is 1. The van der Waals surface area contributed by atoms with Gasteiger partial charge in [-0.3, -0.25) is 4.79 Å². The molecule has 0 aromatic heterocycles. The van der Waals surface area contributed by atoms with Crippen LogP contribution in [0.3, 0.4) is 0 Å². The van der Waals surface area contributed by atoms with Gasteiger partial charge in [-0.15, -0.1) is 0 Å². The highest BCUT2D eigenvalue weighted by Crippen LogP contribution is 2.11. The van der Waals surface area contributed by atoms with Gasteiger partial charge in [-0.25, -0.2) is 9.59 Å². The standard InChI is InChI=1S/C13H23N3O5/c1-13(2,3)21-12(20)15-9(11(18)19)4-5-16-7-8(14)6-10(16)17/h8-9H,4-7,14H2,1-3H3,(H,15,20)(H,18,19)/t8?,9-/m0/s1. The second-order valence-corrected chi connectivity index (χ2v) is 6.13. The lowest BCUT2D eigenvalue weighted by atomic mass is 10.2. The monoisotopic (exact) mass is 301 g/mol. The third kappa shape index (κ3) is 5.99. The number of alkyl carbamates (subject to hydrolysis) is 1. The van der Waals surface area contributed by atoms with Gasteiger partial charge in [0.2, 0.25) is 5.91 Å². The number of carboxylic acid groups (broad SMARTS) is 1. The molecule has 1 saturated heterocycles. The van der Waals surface area contributed by atoms with E-state index in [-0.39, 0.29) is 31.3 Å². The second kappa shape index (κ2) is 6.75. The number of rotatable bonds is 5. The maximum absolute atomic E-state index is 11.6. The number of ether oxygens (including phenoxy) is 1. The van der Waals surface area contributed by atoms with Gasteiger partial charge in [0.15, 0.2) is 0 Å². The molecule has 0 aromatic carbocycles. The summed E-state index contributed by atoms with van der Waals surface area (Å²) in [6.07, 6.45) is -0.413. The van der Waals surface area contributed by atoms with Crippen molar-refractivity contribution in [2.75, 3.05) is 13.1 Å². The van der Waals surface area contributed by atoms with Crippen molar-refractivity contribution in [1.82, 2.24) is 10.2 Å². The predicted molar refractivity (Wildman–Crippen MR) is 74.6 cm³/mol. The third-order valence-electron chi connectivity index (χ3n) is 2.92. The van der Waals surface area contributed by atoms with Crippen molar-refractivity contribution in [2.24, 2.45) is 5.73 Å². The minimum atomic E-state index is -1.17. The number of amides is 2. The molecule has 21 heavy (non-hydrogen) atoms. The fourth-order valence-corrected chi connectivity index (χ4v) is 2.01. The number of carbonyl (C=O) groups is 3. The molecule has 0 radical (unpaired) electrons. The molecule has 8 nitrogen and oxygen atoms in total. The van der Waals surface area contributed by atoms with Gasteiger partial charge < -0.3 is 25.8 Å². The SMILES string of the molecule is CC(C)(C)OC(=O)N[C@@H](CCN1CC(N)CC1=O)C(=O)O. The van der Waals surface area contributed by atoms with Crippen LogP contribution in [0.25, 0.3) is 0 Å². The molecule has 1 fully saturated rings. The van der Waals surface area contributed by atoms with E-state index in [0.717, 1.165) is 0 Å². The van der Waals surface area contributed by atoms with Crippen LogP contribution in [0.1, 0.15) is 33.6 Å². The summed E-state index contributed by atoms with van der Waals surface area (Å²) >= 11 is 0. The first-order valence-corrected chi connectivity index (χ1v) is 6.84. The molecule has 4 N–H and O–H groups in total. The minimum Gasteiger partial charge on any atom is -0.480 e. The van der Waals surface area contributed by atoms with E-state index >= 15 is 0 Å². The van der Waals surface area contributed by atoms with Gasteiger partial charge in [0.25, 0.3) is 0 Å². The zero-order chi connectivity index (χ0) is 16.2. The Morgan fingerprint density at radius 1 is 1.52 bits per heavy atom. The highest BCUT2D eigenvalue weighted by molar-refractivity contribution is 5.81. The fourth-order valence-electron chi connectivity index (χ4n) is 2.01. The van der Waals surface area contributed by atoms with Gasteiger partial charge in [-0.1, -0.05) is 0 Å². The third-order valence-corrected chi connectivity index (χ3v) is 2.92. The van der Waals surface area contributed by atoms with Crippen LogP contribution in [0.15, 0.2) is 0 Å². The molecule has 1 aliphatic heterocycles. The number of hydrogen-bond acceptors (Lipinski definition) is 5. The zero-order valence-electron chi connectivity index (χ0n) is 12.6. The Labute approximate surface area is 123 Å². The Balaban J connectivity index is 2.49. The van der Waals surface area contributed by atoms with E-state index in [9.17, 15) is 14.4 Å². The Morgan fingerprint density at radius 2 is 2.14 bits per heavy atom. The summed E-state index contributed by atoms with van der Waals surface area (Å²) in [5.74, 6) is -1.26. The summed E-state index contributed by atoms with van der Waals surface area (Å²) in [4.78, 5) is 35.8. The van der Waals surface area contributed by atoms with Crippen molar-refractivity contribution in [1.29, 1.82) is 0 Å². The van der Waals surface area contributed by atoms with Crippen molar-refractivity contribution >= 4 is 18.0 Å². The maximum atomic E-state index is 11.6. The minimum absolute atomic E-state index is 0.0936. The Bertz CT molecular complexity index is 419. The van der Waals surface area contributed by atoms with Gasteiger partial charge in [0, 0.05) is 25.6 Å². The van der Waals surface area contributed by atoms with Gasteiger partial charge in [-0.2, -0.15) is 0 Å². The lowest BCUT2D eigenvalue weighted by Gasteiger charge is -2.23. The summed E-state index contributed by atoms with van der Waals surface area (Å²) in [6, 6.07) is -1.32. The summed E-state index contributed by atoms with van der Waals surface area (Å²) in [5, 5.41) is 11.4. The number of aliphatic carboxylic acids is 1. The molecular weight excluding hydrogens is 278 g/mol. The van der Waals surface area contributed by atoms with E-state index in [0.29, 0.717) is 6.54 Å². The van der Waals surface area contributed by atoms with E-state index in [4.69, 9.17) is 15.6 Å². The van der Waals surface area contributed by atoms with E-state index < -0.39 is 23.7 Å². The van der Waals surface area contributed by atoms with Crippen LogP contribution in [-0.4, -0.2) is 58.8 Å². The molecule has 2 amide bonds. The maximum Gasteiger partial charge on any atom is 0.408 e. The smallest absolute Gasteiger partial charge is 0.408 e. The summed E-state index contributed by atoms with van der Waals surface area (Å²) < 4.78 is 5.01. The zero-order valence-corrected chi connectivity index (χ0v) is 12.6. The molecule has 1 unspecified atom stereocenters. The Morgan fingerprint density at radius 3 is 2.57 bits per heavy atom. The highest BCUT2D eigenvalue weighted by atomic mass is 16.6. The number of nitrogens with one attached hydrogen (secondary N) is 1. The number of nitrogens with zero attached hydrogens (tertiary/aromatic N) is 1. The van der Waals surface area contributed by atoms with Gasteiger partial charge >= 0.3 is 12.1 Å². The average molecular weight is 301 g/mol. The highest BCUT2D eigenvalue weighted by Gasteiger charge is 2.29. The van der Waals surface area contributed by atoms with Crippen LogP contribution >= 0.6 is 0 Å². The first kappa shape index (κ1) is 17.2. The molecular formula is C13H23N3O5. The van der Waals surface area contributed by atoms with Crippen molar-refractivity contribution in [2.45, 2.75) is 51.3 Å². The average Bonchev–Trinajstić information content (AvgIpc) is 2.60. The second-order valence-electron chi connectivity index (χ2n) is 6.13. The number of carboxylic acids is 1. The van der Waals surface area contributed by atoms with Crippen LogP contribution in [-0.2, 0) is 14.3 Å². The predicted octanol–water partition coefficient (Wildman–Crippen LogP) is -0.0860. The Hall–Kier alpha value is -1.83. The molecule has 0 spiro atoms. The quantitative estimate of drug-likeness (QED) is 0.652. The summed E-state index contributed by atoms with van der Waals surface area (Å²) in [7, 11) is 0. The molecule has 1 aliphatic rings. The van der Waals surface area contributed by atoms with Crippen LogP contribution in [0.5, 0.6) is 0 Å². The van der Waals surface area contributed by atoms with Crippen molar-refractivity contribution in [3.8, 4) is 0 Å². The van der Waals surface area contributed by atoms with E-state index in [2.05, 4.69) is 5.32 Å². The molecule has 1 rings (SSSR count). The van der Waals surface area contributed by atoms with Crippen molar-refractivity contribution in [3.05, 3.63) is 0 Å². The first-order chi connectivity index (χ1) is 9.58. The van der Waals surface area contributed by atoms with Crippen LogP contribution in [0.4, 0.5) is 4.79 Å². The lowest BCUT2D eigenvalue weighted by molar-refractivity contribution is -0.140. The normalized spacial score (nSPS) is 20.3. The molecule has 0 aliphatic carbocycles. The molecule has 2 atom stereocenters. The summed E-state index contributed by atoms with van der Waals surface area (Å²) in [5.41, 5.74) is 4.96. The molecule has 0 aromatic rings. The summed E-state index contributed by atoms with van der Waals surface area (Å²) in [6.45, 7) is 5.71. The van der Waals surface area contributed by atoms with Crippen molar-refractivity contribution in [3.63, 3.8) is 0 Å². The largest absolute Gasteiger partial charge is 0.480 e. The molecule has 1 heterocycles. The van der Waals surface area contributed by atoms with Crippen molar-refractivity contribution < 1.29 is 24.2 Å². The topological polar surface area (TPSA) is 122 Å². The molecule has 120 valence electrons. The van der Waals surface area contributed by atoms with Gasteiger partial charge in [-0.05, 0) is 27.2 Å². The van der Waals surface area contributed by atoms with E-state index in [1.165, 1.54) is 4.90 Å². The number of nitrogens with two attached hydrogens (primary N) is 1. The fraction of sp³-hybridized carbons (Fsp3) is 0.769. The Kier molecular flexibility index (Phi) is 5.54. The lowest BCUT2D eigenvalue weighted by Crippen LogP contribution is -2.45. The first-order valence-electron chi connectivity index (χ1n) is 6.84. The van der Waals surface area contributed by atoms with Crippen LogP contribution in [0, 0.1) is 0 Å². The molecule has 0 saturated carbocycles. The van der Waals surface area contributed by atoms with Gasteiger partial charge in [0.1, 0.15) is 11.6 Å². The van der Waals surface area contributed by atoms with E-state index in [1.807, 2.05) is 0 Å². The van der Waals surface area contributed by atoms with E-state index in [1.54, 1.807) is 20.8 Å². The number of hydrogen-bond donors (Lipinski definition) is 3. The molecule has 0 bridgehead atoms. The number of carbonyl (C=O) groups excluding carboxylic acids is 2. The van der Waals surface area contributed by atoms with Gasteiger partial charge in [0.05, 0.1) is 0 Å². The van der Waals surface area contributed by atoms with Crippen LogP contribution < -0.4 is 11.1 Å².